The van der Waals surface area contributed by atoms with Crippen molar-refractivity contribution in [2.24, 2.45) is 0 Å². The number of aromatic nitrogens is 2. The van der Waals surface area contributed by atoms with E-state index in [1.807, 2.05) is 6.92 Å². The topological polar surface area (TPSA) is 66.3 Å². The molecule has 1 fully saturated rings. The second kappa shape index (κ2) is 5.99. The van der Waals surface area contributed by atoms with Crippen LogP contribution < -0.4 is 4.90 Å². The van der Waals surface area contributed by atoms with Gasteiger partial charge in [-0.15, -0.1) is 0 Å². The third-order valence-corrected chi connectivity index (χ3v) is 3.67. The Morgan fingerprint density at radius 2 is 2.21 bits per heavy atom. The number of carboxylic acids is 1. The molecule has 1 N–H and O–H groups in total. The van der Waals surface area contributed by atoms with Gasteiger partial charge in [-0.2, -0.15) is 0 Å². The van der Waals surface area contributed by atoms with E-state index in [4.69, 9.17) is 5.11 Å². The van der Waals surface area contributed by atoms with Gasteiger partial charge in [0.15, 0.2) is 5.69 Å². The van der Waals surface area contributed by atoms with Crippen LogP contribution in [-0.4, -0.2) is 33.6 Å². The van der Waals surface area contributed by atoms with Crippen molar-refractivity contribution in [3.8, 4) is 0 Å². The van der Waals surface area contributed by atoms with Gasteiger partial charge in [-0.3, -0.25) is 0 Å². The van der Waals surface area contributed by atoms with Crippen molar-refractivity contribution in [1.82, 2.24) is 9.97 Å². The van der Waals surface area contributed by atoms with E-state index >= 15 is 0 Å². The Morgan fingerprint density at radius 3 is 2.89 bits per heavy atom. The monoisotopic (exact) mass is 263 g/mol. The van der Waals surface area contributed by atoms with Gasteiger partial charge in [0.1, 0.15) is 0 Å². The molecule has 1 aliphatic rings. The van der Waals surface area contributed by atoms with Gasteiger partial charge >= 0.3 is 5.97 Å². The number of aromatic carboxylic acids is 1. The number of carbonyl (C=O) groups is 1. The standard InChI is InChI=1S/C14H21N3O2/c1-3-11-7-5-4-6-8-17(11)14-15-10(2)9-12(16-14)13(18)19/h9,11H,3-8H2,1-2H3,(H,18,19). The van der Waals surface area contributed by atoms with Crippen LogP contribution in [0.1, 0.15) is 55.2 Å². The first-order valence-electron chi connectivity index (χ1n) is 6.97. The van der Waals surface area contributed by atoms with Crippen LogP contribution in [0.15, 0.2) is 6.07 Å². The molecule has 1 saturated heterocycles. The second-order valence-corrected chi connectivity index (χ2v) is 5.10. The molecule has 0 bridgehead atoms. The fourth-order valence-electron chi connectivity index (χ4n) is 2.66. The highest BCUT2D eigenvalue weighted by molar-refractivity contribution is 5.85. The van der Waals surface area contributed by atoms with Crippen molar-refractivity contribution in [2.75, 3.05) is 11.4 Å². The molecule has 1 aromatic heterocycles. The molecule has 104 valence electrons. The van der Waals surface area contributed by atoms with E-state index in [1.54, 1.807) is 0 Å². The van der Waals surface area contributed by atoms with Crippen LogP contribution in [0.4, 0.5) is 5.95 Å². The lowest BCUT2D eigenvalue weighted by Gasteiger charge is -2.29. The van der Waals surface area contributed by atoms with E-state index in [-0.39, 0.29) is 5.69 Å². The predicted molar refractivity (Wildman–Crippen MR) is 73.6 cm³/mol. The number of carboxylic acid groups (broad SMARTS) is 1. The average Bonchev–Trinajstić information content (AvgIpc) is 2.62. The molecule has 0 spiro atoms. The summed E-state index contributed by atoms with van der Waals surface area (Å²) in [6, 6.07) is 1.94. The molecule has 0 amide bonds. The molecule has 2 heterocycles. The van der Waals surface area contributed by atoms with Gasteiger partial charge in [0.05, 0.1) is 0 Å². The quantitative estimate of drug-likeness (QED) is 0.908. The van der Waals surface area contributed by atoms with Crippen LogP contribution in [-0.2, 0) is 0 Å². The largest absolute Gasteiger partial charge is 0.477 e. The first-order chi connectivity index (χ1) is 9.11. The molecule has 19 heavy (non-hydrogen) atoms. The van der Waals surface area contributed by atoms with Crippen LogP contribution in [0.2, 0.25) is 0 Å². The van der Waals surface area contributed by atoms with Gasteiger partial charge in [-0.25, -0.2) is 14.8 Å². The number of rotatable bonds is 3. The molecule has 0 aromatic carbocycles. The van der Waals surface area contributed by atoms with E-state index in [0.717, 1.165) is 25.8 Å². The zero-order chi connectivity index (χ0) is 13.8. The SMILES string of the molecule is CCC1CCCCCN1c1nc(C)cc(C(=O)O)n1. The second-order valence-electron chi connectivity index (χ2n) is 5.10. The highest BCUT2D eigenvalue weighted by Gasteiger charge is 2.23. The van der Waals surface area contributed by atoms with Crippen LogP contribution in [0.5, 0.6) is 0 Å². The Hall–Kier alpha value is -1.65. The molecule has 1 unspecified atom stereocenters. The third-order valence-electron chi connectivity index (χ3n) is 3.67. The normalized spacial score (nSPS) is 20.1. The zero-order valence-corrected chi connectivity index (χ0v) is 11.6. The summed E-state index contributed by atoms with van der Waals surface area (Å²) in [5.74, 6) is -0.416. The minimum atomic E-state index is -0.991. The smallest absolute Gasteiger partial charge is 0.354 e. The molecule has 5 heteroatoms. The fourth-order valence-corrected chi connectivity index (χ4v) is 2.66. The number of aryl methyl sites for hydroxylation is 1. The van der Waals surface area contributed by atoms with Gasteiger partial charge in [0.2, 0.25) is 5.95 Å². The minimum Gasteiger partial charge on any atom is -0.477 e. The van der Waals surface area contributed by atoms with Crippen LogP contribution in [0.25, 0.3) is 0 Å². The van der Waals surface area contributed by atoms with Crippen molar-refractivity contribution < 1.29 is 9.90 Å². The third kappa shape index (κ3) is 3.22. The summed E-state index contributed by atoms with van der Waals surface area (Å²) in [7, 11) is 0. The molecule has 1 aliphatic heterocycles. The lowest BCUT2D eigenvalue weighted by Crippen LogP contribution is -2.36. The summed E-state index contributed by atoms with van der Waals surface area (Å²) in [4.78, 5) is 21.9. The molecule has 0 aliphatic carbocycles. The van der Waals surface area contributed by atoms with Crippen molar-refractivity contribution >= 4 is 11.9 Å². The summed E-state index contributed by atoms with van der Waals surface area (Å²) < 4.78 is 0. The van der Waals surface area contributed by atoms with Gasteiger partial charge in [0.25, 0.3) is 0 Å². The van der Waals surface area contributed by atoms with Gasteiger partial charge in [-0.1, -0.05) is 19.8 Å². The van der Waals surface area contributed by atoms with Crippen LogP contribution in [0, 0.1) is 6.92 Å². The van der Waals surface area contributed by atoms with Crippen molar-refractivity contribution in [2.45, 2.75) is 52.0 Å². The molecule has 1 aromatic rings. The van der Waals surface area contributed by atoms with E-state index in [2.05, 4.69) is 21.8 Å². The fraction of sp³-hybridized carbons (Fsp3) is 0.643. The Morgan fingerprint density at radius 1 is 1.42 bits per heavy atom. The lowest BCUT2D eigenvalue weighted by atomic mass is 10.1. The molecule has 0 radical (unpaired) electrons. The molecule has 1 atom stereocenters. The van der Waals surface area contributed by atoms with Crippen LogP contribution in [0.3, 0.4) is 0 Å². The van der Waals surface area contributed by atoms with Gasteiger partial charge < -0.3 is 10.0 Å². The number of anilines is 1. The Bertz CT molecular complexity index is 462. The maximum absolute atomic E-state index is 11.1. The Balaban J connectivity index is 2.34. The highest BCUT2D eigenvalue weighted by atomic mass is 16.4. The first-order valence-corrected chi connectivity index (χ1v) is 6.97. The number of hydrogen-bond acceptors (Lipinski definition) is 4. The molecule has 0 saturated carbocycles. The Labute approximate surface area is 113 Å². The van der Waals surface area contributed by atoms with Gasteiger partial charge in [0, 0.05) is 18.3 Å². The predicted octanol–water partition coefficient (Wildman–Crippen LogP) is 2.64. The number of hydrogen-bond donors (Lipinski definition) is 1. The molecular weight excluding hydrogens is 242 g/mol. The summed E-state index contributed by atoms with van der Waals surface area (Å²) in [6.07, 6.45) is 5.75. The van der Waals surface area contributed by atoms with Crippen molar-refractivity contribution in [3.05, 3.63) is 17.5 Å². The van der Waals surface area contributed by atoms with E-state index in [0.29, 0.717) is 17.7 Å². The highest BCUT2D eigenvalue weighted by Crippen LogP contribution is 2.23. The van der Waals surface area contributed by atoms with E-state index < -0.39 is 5.97 Å². The summed E-state index contributed by atoms with van der Waals surface area (Å²) in [5.41, 5.74) is 0.795. The number of nitrogens with zero attached hydrogens (tertiary/aromatic N) is 3. The maximum atomic E-state index is 11.1. The van der Waals surface area contributed by atoms with E-state index in [1.165, 1.54) is 18.9 Å². The summed E-state index contributed by atoms with van der Waals surface area (Å²) >= 11 is 0. The molecule has 5 nitrogen and oxygen atoms in total. The van der Waals surface area contributed by atoms with Crippen molar-refractivity contribution in [3.63, 3.8) is 0 Å². The maximum Gasteiger partial charge on any atom is 0.354 e. The van der Waals surface area contributed by atoms with Crippen molar-refractivity contribution in [1.29, 1.82) is 0 Å². The van der Waals surface area contributed by atoms with Crippen LogP contribution >= 0.6 is 0 Å². The zero-order valence-electron chi connectivity index (χ0n) is 11.6. The average molecular weight is 263 g/mol. The Kier molecular flexibility index (Phi) is 4.35. The van der Waals surface area contributed by atoms with Gasteiger partial charge in [-0.05, 0) is 32.3 Å². The molecular formula is C14H21N3O2. The first kappa shape index (κ1) is 13.8. The van der Waals surface area contributed by atoms with E-state index in [9.17, 15) is 4.79 Å². The minimum absolute atomic E-state index is 0.0848. The molecule has 2 rings (SSSR count). The summed E-state index contributed by atoms with van der Waals surface area (Å²) in [6.45, 7) is 4.90. The summed E-state index contributed by atoms with van der Waals surface area (Å²) in [5, 5.41) is 9.10. The lowest BCUT2D eigenvalue weighted by molar-refractivity contribution is 0.0690.